The van der Waals surface area contributed by atoms with Gasteiger partial charge in [0.15, 0.2) is 0 Å². The standard InChI is InChI=1S/C15H20N2S/c1-10-7-12(3)13(8-11(10)2)14-9-17-15(18-14)5-6-16-4/h7-9,16H,5-6H2,1-4H3. The van der Waals surface area contributed by atoms with E-state index in [-0.39, 0.29) is 0 Å². The van der Waals surface area contributed by atoms with Gasteiger partial charge in [-0.2, -0.15) is 0 Å². The first-order chi connectivity index (χ1) is 8.61. The number of nitrogens with zero attached hydrogens (tertiary/aromatic N) is 1. The first kappa shape index (κ1) is 13.2. The molecule has 0 aliphatic carbocycles. The van der Waals surface area contributed by atoms with Gasteiger partial charge in [0.1, 0.15) is 0 Å². The first-order valence-electron chi connectivity index (χ1n) is 6.29. The molecule has 0 atom stereocenters. The maximum Gasteiger partial charge on any atom is 0.0943 e. The van der Waals surface area contributed by atoms with Crippen LogP contribution in [-0.4, -0.2) is 18.6 Å². The highest BCUT2D eigenvalue weighted by molar-refractivity contribution is 7.15. The van der Waals surface area contributed by atoms with Crippen molar-refractivity contribution in [3.8, 4) is 10.4 Å². The lowest BCUT2D eigenvalue weighted by molar-refractivity contribution is 0.787. The molecule has 1 aromatic carbocycles. The Balaban J connectivity index is 2.31. The Morgan fingerprint density at radius 3 is 2.56 bits per heavy atom. The molecule has 0 unspecified atom stereocenters. The Hall–Kier alpha value is -1.19. The number of hydrogen-bond donors (Lipinski definition) is 1. The van der Waals surface area contributed by atoms with Gasteiger partial charge in [0.05, 0.1) is 9.88 Å². The number of aryl methyl sites for hydroxylation is 3. The molecule has 1 N–H and O–H groups in total. The van der Waals surface area contributed by atoms with E-state index in [0.29, 0.717) is 0 Å². The van der Waals surface area contributed by atoms with Crippen molar-refractivity contribution in [1.82, 2.24) is 10.3 Å². The minimum atomic E-state index is 0.985. The second kappa shape index (κ2) is 5.63. The summed E-state index contributed by atoms with van der Waals surface area (Å²) in [7, 11) is 1.97. The minimum Gasteiger partial charge on any atom is -0.319 e. The van der Waals surface area contributed by atoms with Crippen LogP contribution in [0.1, 0.15) is 21.7 Å². The van der Waals surface area contributed by atoms with Crippen molar-refractivity contribution in [2.75, 3.05) is 13.6 Å². The Bertz CT molecular complexity index is 543. The zero-order valence-electron chi connectivity index (χ0n) is 11.5. The van der Waals surface area contributed by atoms with Gasteiger partial charge in [-0.1, -0.05) is 12.1 Å². The summed E-state index contributed by atoms with van der Waals surface area (Å²) >= 11 is 1.80. The van der Waals surface area contributed by atoms with Crippen LogP contribution in [0, 0.1) is 20.8 Å². The summed E-state index contributed by atoms with van der Waals surface area (Å²) in [5, 5.41) is 4.37. The van der Waals surface area contributed by atoms with Crippen LogP contribution in [0.3, 0.4) is 0 Å². The molecule has 0 aliphatic rings. The highest BCUT2D eigenvalue weighted by Gasteiger charge is 2.08. The number of thiazole rings is 1. The Labute approximate surface area is 113 Å². The van der Waals surface area contributed by atoms with Crippen molar-refractivity contribution in [3.63, 3.8) is 0 Å². The minimum absolute atomic E-state index is 0.985. The molecular formula is C15H20N2S. The van der Waals surface area contributed by atoms with Gasteiger partial charge in [-0.3, -0.25) is 0 Å². The van der Waals surface area contributed by atoms with Gasteiger partial charge in [0, 0.05) is 19.2 Å². The van der Waals surface area contributed by atoms with Crippen molar-refractivity contribution in [2.45, 2.75) is 27.2 Å². The number of likely N-dealkylation sites (N-methyl/N-ethyl adjacent to an activating group) is 1. The van der Waals surface area contributed by atoms with Crippen LogP contribution in [0.5, 0.6) is 0 Å². The van der Waals surface area contributed by atoms with Crippen LogP contribution < -0.4 is 5.32 Å². The van der Waals surface area contributed by atoms with Gasteiger partial charge in [-0.05, 0) is 50.1 Å². The lowest BCUT2D eigenvalue weighted by Crippen LogP contribution is -2.09. The molecule has 96 valence electrons. The predicted molar refractivity (Wildman–Crippen MR) is 79.4 cm³/mol. The average molecular weight is 260 g/mol. The van der Waals surface area contributed by atoms with Gasteiger partial charge >= 0.3 is 0 Å². The second-order valence-electron chi connectivity index (χ2n) is 4.72. The molecule has 0 amide bonds. The third-order valence-corrected chi connectivity index (χ3v) is 4.34. The van der Waals surface area contributed by atoms with Gasteiger partial charge in [0.2, 0.25) is 0 Å². The number of benzene rings is 1. The summed E-state index contributed by atoms with van der Waals surface area (Å²) in [5.74, 6) is 0. The van der Waals surface area contributed by atoms with E-state index < -0.39 is 0 Å². The molecule has 0 fully saturated rings. The number of rotatable bonds is 4. The normalized spacial score (nSPS) is 10.9. The van der Waals surface area contributed by atoms with Crippen molar-refractivity contribution in [2.24, 2.45) is 0 Å². The van der Waals surface area contributed by atoms with Crippen LogP contribution in [0.2, 0.25) is 0 Å². The number of aromatic nitrogens is 1. The van der Waals surface area contributed by atoms with E-state index in [1.807, 2.05) is 13.2 Å². The maximum atomic E-state index is 4.50. The SMILES string of the molecule is CNCCc1ncc(-c2cc(C)c(C)cc2C)s1. The molecule has 1 heterocycles. The predicted octanol–water partition coefficient (Wildman–Crippen LogP) is 3.50. The van der Waals surface area contributed by atoms with E-state index in [0.717, 1.165) is 13.0 Å². The van der Waals surface area contributed by atoms with Crippen LogP contribution in [-0.2, 0) is 6.42 Å². The monoisotopic (exact) mass is 260 g/mol. The molecule has 2 nitrogen and oxygen atoms in total. The molecule has 1 aromatic heterocycles. The fourth-order valence-electron chi connectivity index (χ4n) is 2.01. The summed E-state index contributed by atoms with van der Waals surface area (Å²) in [6.07, 6.45) is 3.01. The lowest BCUT2D eigenvalue weighted by Gasteiger charge is -2.07. The largest absolute Gasteiger partial charge is 0.319 e. The molecule has 18 heavy (non-hydrogen) atoms. The molecule has 0 radical (unpaired) electrons. The van der Waals surface area contributed by atoms with Crippen LogP contribution in [0.4, 0.5) is 0 Å². The van der Waals surface area contributed by atoms with E-state index in [2.05, 4.69) is 43.2 Å². The Morgan fingerprint density at radius 1 is 1.11 bits per heavy atom. The third-order valence-electron chi connectivity index (χ3n) is 3.25. The third kappa shape index (κ3) is 2.79. The number of hydrogen-bond acceptors (Lipinski definition) is 3. The van der Waals surface area contributed by atoms with E-state index in [1.165, 1.54) is 32.1 Å². The summed E-state index contributed by atoms with van der Waals surface area (Å²) in [5.41, 5.74) is 5.37. The van der Waals surface area contributed by atoms with Crippen LogP contribution >= 0.6 is 11.3 Å². The molecule has 2 aromatic rings. The number of nitrogens with one attached hydrogen (secondary N) is 1. The van der Waals surface area contributed by atoms with Gasteiger partial charge < -0.3 is 5.32 Å². The summed E-state index contributed by atoms with van der Waals surface area (Å²) in [4.78, 5) is 5.78. The zero-order chi connectivity index (χ0) is 13.1. The van der Waals surface area contributed by atoms with Crippen molar-refractivity contribution in [1.29, 1.82) is 0 Å². The summed E-state index contributed by atoms with van der Waals surface area (Å²) in [6.45, 7) is 7.49. The molecule has 3 heteroatoms. The maximum absolute atomic E-state index is 4.50. The molecule has 0 bridgehead atoms. The van der Waals surface area contributed by atoms with Gasteiger partial charge in [0.25, 0.3) is 0 Å². The topological polar surface area (TPSA) is 24.9 Å². The van der Waals surface area contributed by atoms with Crippen molar-refractivity contribution in [3.05, 3.63) is 40.0 Å². The fourth-order valence-corrected chi connectivity index (χ4v) is 3.01. The van der Waals surface area contributed by atoms with E-state index in [9.17, 15) is 0 Å². The quantitative estimate of drug-likeness (QED) is 0.910. The molecule has 0 aliphatic heterocycles. The van der Waals surface area contributed by atoms with Crippen LogP contribution in [0.15, 0.2) is 18.3 Å². The smallest absolute Gasteiger partial charge is 0.0943 e. The molecule has 0 spiro atoms. The lowest BCUT2D eigenvalue weighted by atomic mass is 10.0. The fraction of sp³-hybridized carbons (Fsp3) is 0.400. The Kier molecular flexibility index (Phi) is 4.15. The van der Waals surface area contributed by atoms with E-state index >= 15 is 0 Å². The van der Waals surface area contributed by atoms with E-state index in [4.69, 9.17) is 0 Å². The summed E-state index contributed by atoms with van der Waals surface area (Å²) < 4.78 is 0. The van der Waals surface area contributed by atoms with Crippen LogP contribution in [0.25, 0.3) is 10.4 Å². The first-order valence-corrected chi connectivity index (χ1v) is 7.11. The highest BCUT2D eigenvalue weighted by atomic mass is 32.1. The zero-order valence-corrected chi connectivity index (χ0v) is 12.3. The molecule has 0 saturated heterocycles. The van der Waals surface area contributed by atoms with Gasteiger partial charge in [-0.15, -0.1) is 11.3 Å². The van der Waals surface area contributed by atoms with E-state index in [1.54, 1.807) is 11.3 Å². The summed E-state index contributed by atoms with van der Waals surface area (Å²) in [6, 6.07) is 4.54. The Morgan fingerprint density at radius 2 is 1.83 bits per heavy atom. The molecular weight excluding hydrogens is 240 g/mol. The second-order valence-corrected chi connectivity index (χ2v) is 5.84. The highest BCUT2D eigenvalue weighted by Crippen LogP contribution is 2.30. The van der Waals surface area contributed by atoms with Crippen molar-refractivity contribution < 1.29 is 0 Å². The average Bonchev–Trinajstić information content (AvgIpc) is 2.79. The molecule has 0 saturated carbocycles. The van der Waals surface area contributed by atoms with Crippen molar-refractivity contribution >= 4 is 11.3 Å². The van der Waals surface area contributed by atoms with Gasteiger partial charge in [-0.25, -0.2) is 4.98 Å². The molecule has 2 rings (SSSR count).